The lowest BCUT2D eigenvalue weighted by Crippen LogP contribution is -2.64. The van der Waals surface area contributed by atoms with Crippen LogP contribution in [0.25, 0.3) is 0 Å². The smallest absolute Gasteiger partial charge is 0.305 e. The third-order valence-corrected chi connectivity index (χ3v) is 3.52. The van der Waals surface area contributed by atoms with Crippen molar-refractivity contribution in [2.45, 2.75) is 63.3 Å². The standard InChI is InChI=1S/C14H26N2O7/c1-2-4-9(17)16-11-13(20)12(19)8(23-14(11)21)7-22-10(18)5-3-6-15/h8,11-14,19-21H,2-7,15H2,1H3,(H,16,17)/t8-,11-,12-,13-,14?/m1/s1. The number of rotatable bonds is 8. The number of aliphatic hydroxyl groups is 3. The Morgan fingerprint density at radius 2 is 1.91 bits per heavy atom. The lowest BCUT2D eigenvalue weighted by Gasteiger charge is -2.40. The molecule has 0 aliphatic carbocycles. The van der Waals surface area contributed by atoms with Gasteiger partial charge < -0.3 is 35.8 Å². The molecule has 0 aromatic heterocycles. The molecule has 0 spiro atoms. The molecule has 9 nitrogen and oxygen atoms in total. The van der Waals surface area contributed by atoms with Gasteiger partial charge in [0.2, 0.25) is 5.91 Å². The highest BCUT2D eigenvalue weighted by molar-refractivity contribution is 5.76. The van der Waals surface area contributed by atoms with Crippen molar-refractivity contribution in [2.75, 3.05) is 13.2 Å². The predicted molar refractivity (Wildman–Crippen MR) is 79.0 cm³/mol. The van der Waals surface area contributed by atoms with E-state index in [2.05, 4.69) is 5.32 Å². The minimum absolute atomic E-state index is 0.139. The van der Waals surface area contributed by atoms with Crippen LogP contribution in [0, 0.1) is 0 Å². The third kappa shape index (κ3) is 6.04. The molecule has 1 fully saturated rings. The Morgan fingerprint density at radius 3 is 2.52 bits per heavy atom. The lowest BCUT2D eigenvalue weighted by atomic mass is 9.97. The zero-order chi connectivity index (χ0) is 17.4. The predicted octanol–water partition coefficient (Wildman–Crippen LogP) is -2.01. The third-order valence-electron chi connectivity index (χ3n) is 3.52. The molecule has 0 saturated carbocycles. The Kier molecular flexibility index (Phi) is 8.42. The number of aliphatic hydroxyl groups excluding tert-OH is 3. The monoisotopic (exact) mass is 334 g/mol. The quantitative estimate of drug-likeness (QED) is 0.319. The van der Waals surface area contributed by atoms with Gasteiger partial charge in [0.1, 0.15) is 31.0 Å². The maximum Gasteiger partial charge on any atom is 0.305 e. The molecule has 0 aromatic carbocycles. The molecule has 23 heavy (non-hydrogen) atoms. The van der Waals surface area contributed by atoms with E-state index in [1.54, 1.807) is 0 Å². The largest absolute Gasteiger partial charge is 0.463 e. The Morgan fingerprint density at radius 1 is 1.22 bits per heavy atom. The lowest BCUT2D eigenvalue weighted by molar-refractivity contribution is -0.255. The second-order valence-corrected chi connectivity index (χ2v) is 5.46. The van der Waals surface area contributed by atoms with Crippen LogP contribution in [0.15, 0.2) is 0 Å². The van der Waals surface area contributed by atoms with Gasteiger partial charge in [-0.1, -0.05) is 6.92 Å². The zero-order valence-electron chi connectivity index (χ0n) is 13.2. The highest BCUT2D eigenvalue weighted by atomic mass is 16.6. The number of hydrogen-bond acceptors (Lipinski definition) is 8. The molecular weight excluding hydrogens is 308 g/mol. The molecule has 1 rings (SSSR count). The number of amides is 1. The average molecular weight is 334 g/mol. The highest BCUT2D eigenvalue weighted by Gasteiger charge is 2.44. The van der Waals surface area contributed by atoms with Crippen LogP contribution in [0.1, 0.15) is 32.6 Å². The Bertz CT molecular complexity index is 393. The summed E-state index contributed by atoms with van der Waals surface area (Å²) in [5.41, 5.74) is 5.28. The van der Waals surface area contributed by atoms with Crippen molar-refractivity contribution in [3.8, 4) is 0 Å². The van der Waals surface area contributed by atoms with E-state index in [1.807, 2.05) is 6.92 Å². The van der Waals surface area contributed by atoms with Crippen molar-refractivity contribution in [3.63, 3.8) is 0 Å². The molecule has 1 saturated heterocycles. The van der Waals surface area contributed by atoms with E-state index in [4.69, 9.17) is 15.2 Å². The maximum absolute atomic E-state index is 11.6. The Hall–Kier alpha value is -1.26. The molecule has 1 amide bonds. The summed E-state index contributed by atoms with van der Waals surface area (Å²) in [6.07, 6.45) is -3.99. The molecule has 1 unspecified atom stereocenters. The molecule has 1 aliphatic rings. The van der Waals surface area contributed by atoms with E-state index in [0.717, 1.165) is 0 Å². The molecule has 5 atom stereocenters. The highest BCUT2D eigenvalue weighted by Crippen LogP contribution is 2.20. The fourth-order valence-corrected chi connectivity index (χ4v) is 2.22. The van der Waals surface area contributed by atoms with Gasteiger partial charge in [-0.05, 0) is 19.4 Å². The molecule has 1 aliphatic heterocycles. The fraction of sp³-hybridized carbons (Fsp3) is 0.857. The number of carbonyl (C=O) groups excluding carboxylic acids is 2. The van der Waals surface area contributed by atoms with Crippen molar-refractivity contribution in [1.82, 2.24) is 5.32 Å². The molecule has 6 N–H and O–H groups in total. The SMILES string of the molecule is CCCC(=O)N[C@H]1C(O)O[C@H](COC(=O)CCCN)[C@@H](O)[C@@H]1O. The van der Waals surface area contributed by atoms with Crippen LogP contribution >= 0.6 is 0 Å². The summed E-state index contributed by atoms with van der Waals surface area (Å²) in [4.78, 5) is 23.0. The van der Waals surface area contributed by atoms with Gasteiger partial charge in [0.25, 0.3) is 0 Å². The summed E-state index contributed by atoms with van der Waals surface area (Å²) >= 11 is 0. The van der Waals surface area contributed by atoms with Gasteiger partial charge in [-0.2, -0.15) is 0 Å². The summed E-state index contributed by atoms with van der Waals surface area (Å²) in [6.45, 7) is 1.86. The van der Waals surface area contributed by atoms with Crippen LogP contribution in [0.5, 0.6) is 0 Å². The van der Waals surface area contributed by atoms with Gasteiger partial charge in [0.05, 0.1) is 0 Å². The first-order chi connectivity index (χ1) is 10.9. The Labute approximate surface area is 134 Å². The van der Waals surface area contributed by atoms with Crippen LogP contribution in [-0.2, 0) is 19.1 Å². The topological polar surface area (TPSA) is 151 Å². The van der Waals surface area contributed by atoms with Gasteiger partial charge in [0, 0.05) is 12.8 Å². The summed E-state index contributed by atoms with van der Waals surface area (Å²) in [5, 5.41) is 32.4. The zero-order valence-corrected chi connectivity index (χ0v) is 13.2. The van der Waals surface area contributed by atoms with E-state index in [9.17, 15) is 24.9 Å². The number of hydrogen-bond donors (Lipinski definition) is 5. The minimum atomic E-state index is -1.51. The van der Waals surface area contributed by atoms with E-state index >= 15 is 0 Å². The molecule has 0 aromatic rings. The number of nitrogens with one attached hydrogen (secondary N) is 1. The van der Waals surface area contributed by atoms with E-state index in [-0.39, 0.29) is 25.4 Å². The van der Waals surface area contributed by atoms with Crippen molar-refractivity contribution >= 4 is 11.9 Å². The molecule has 1 heterocycles. The summed E-state index contributed by atoms with van der Waals surface area (Å²) in [7, 11) is 0. The van der Waals surface area contributed by atoms with Gasteiger partial charge in [-0.15, -0.1) is 0 Å². The molecule has 134 valence electrons. The first kappa shape index (κ1) is 19.8. The van der Waals surface area contributed by atoms with Crippen molar-refractivity contribution < 1.29 is 34.4 Å². The van der Waals surface area contributed by atoms with E-state index < -0.39 is 36.6 Å². The molecular formula is C14H26N2O7. The van der Waals surface area contributed by atoms with Crippen LogP contribution in [0.4, 0.5) is 0 Å². The first-order valence-electron chi connectivity index (χ1n) is 7.75. The Balaban J connectivity index is 2.52. The number of carbonyl (C=O) groups is 2. The number of ether oxygens (including phenoxy) is 2. The van der Waals surface area contributed by atoms with Crippen LogP contribution in [-0.4, -0.2) is 71.0 Å². The van der Waals surface area contributed by atoms with Crippen LogP contribution in [0.2, 0.25) is 0 Å². The van der Waals surface area contributed by atoms with E-state index in [1.165, 1.54) is 0 Å². The molecule has 9 heteroatoms. The fourth-order valence-electron chi connectivity index (χ4n) is 2.22. The van der Waals surface area contributed by atoms with Crippen molar-refractivity contribution in [1.29, 1.82) is 0 Å². The van der Waals surface area contributed by atoms with Crippen LogP contribution < -0.4 is 11.1 Å². The van der Waals surface area contributed by atoms with Crippen molar-refractivity contribution in [2.24, 2.45) is 5.73 Å². The normalized spacial score (nSPS) is 30.7. The maximum atomic E-state index is 11.6. The van der Waals surface area contributed by atoms with Gasteiger partial charge in [-0.3, -0.25) is 9.59 Å². The second-order valence-electron chi connectivity index (χ2n) is 5.46. The molecule has 0 radical (unpaired) electrons. The van der Waals surface area contributed by atoms with E-state index in [0.29, 0.717) is 19.4 Å². The summed E-state index contributed by atoms with van der Waals surface area (Å²) in [5.74, 6) is -0.869. The van der Waals surface area contributed by atoms with Crippen LogP contribution in [0.3, 0.4) is 0 Å². The molecule has 0 bridgehead atoms. The number of esters is 1. The average Bonchev–Trinajstić information content (AvgIpc) is 2.51. The van der Waals surface area contributed by atoms with Gasteiger partial charge in [-0.25, -0.2) is 0 Å². The number of nitrogens with two attached hydrogens (primary N) is 1. The summed E-state index contributed by atoms with van der Waals surface area (Å²) in [6, 6.07) is -1.15. The summed E-state index contributed by atoms with van der Waals surface area (Å²) < 4.78 is 10.1. The van der Waals surface area contributed by atoms with Gasteiger partial charge >= 0.3 is 5.97 Å². The van der Waals surface area contributed by atoms with Crippen molar-refractivity contribution in [3.05, 3.63) is 0 Å². The minimum Gasteiger partial charge on any atom is -0.463 e. The second kappa shape index (κ2) is 9.78. The first-order valence-corrected chi connectivity index (χ1v) is 7.75. The van der Waals surface area contributed by atoms with Gasteiger partial charge in [0.15, 0.2) is 6.29 Å².